The van der Waals surface area contributed by atoms with E-state index in [1.54, 1.807) is 18.0 Å². The molecule has 0 saturated carbocycles. The first kappa shape index (κ1) is 11.6. The fourth-order valence-corrected chi connectivity index (χ4v) is 2.15. The van der Waals surface area contributed by atoms with Crippen LogP contribution in [0.2, 0.25) is 0 Å². The first-order chi connectivity index (χ1) is 7.75. The molecule has 1 saturated heterocycles. The van der Waals surface area contributed by atoms with E-state index in [0.717, 1.165) is 37.3 Å². The molecule has 6 heteroatoms. The van der Waals surface area contributed by atoms with Crippen molar-refractivity contribution in [2.75, 3.05) is 31.2 Å². The van der Waals surface area contributed by atoms with Gasteiger partial charge in [-0.05, 0) is 0 Å². The molecule has 0 aliphatic carbocycles. The molecule has 1 fully saturated rings. The van der Waals surface area contributed by atoms with Gasteiger partial charge in [-0.3, -0.25) is 0 Å². The monoisotopic (exact) mass is 240 g/mol. The summed E-state index contributed by atoms with van der Waals surface area (Å²) in [4.78, 5) is 6.68. The quantitative estimate of drug-likeness (QED) is 0.740. The summed E-state index contributed by atoms with van der Waals surface area (Å²) in [5.41, 5.74) is 0. The average Bonchev–Trinajstić information content (AvgIpc) is 2.30. The second-order valence-corrected chi connectivity index (χ2v) is 5.41. The second-order valence-electron chi connectivity index (χ2n) is 3.86. The minimum Gasteiger partial charge on any atom is -0.378 e. The first-order valence-corrected chi connectivity index (χ1v) is 6.33. The molecule has 5 nitrogen and oxygen atoms in total. The summed E-state index contributed by atoms with van der Waals surface area (Å²) in [6.07, 6.45) is 1.72. The van der Waals surface area contributed by atoms with Crippen LogP contribution in [0, 0.1) is 0 Å². The Morgan fingerprint density at radius 3 is 2.81 bits per heavy atom. The summed E-state index contributed by atoms with van der Waals surface area (Å²) < 4.78 is 5.31. The van der Waals surface area contributed by atoms with E-state index >= 15 is 0 Å². The van der Waals surface area contributed by atoms with Crippen LogP contribution in [0.15, 0.2) is 11.4 Å². The van der Waals surface area contributed by atoms with E-state index in [1.807, 2.05) is 0 Å². The molecule has 0 amide bonds. The predicted molar refractivity (Wildman–Crippen MR) is 63.9 cm³/mol. The zero-order chi connectivity index (χ0) is 11.4. The third-order valence-electron chi connectivity index (χ3n) is 2.20. The largest absolute Gasteiger partial charge is 0.378 e. The minimum absolute atomic E-state index is 0.474. The zero-order valence-corrected chi connectivity index (χ0v) is 10.4. The van der Waals surface area contributed by atoms with Crippen molar-refractivity contribution in [2.45, 2.75) is 24.3 Å². The molecule has 0 atom stereocenters. The lowest BCUT2D eigenvalue weighted by atomic mass is 10.4. The van der Waals surface area contributed by atoms with Crippen molar-refractivity contribution in [3.8, 4) is 0 Å². The molecule has 0 radical (unpaired) electrons. The summed E-state index contributed by atoms with van der Waals surface area (Å²) >= 11 is 1.63. The van der Waals surface area contributed by atoms with Crippen molar-refractivity contribution in [3.63, 3.8) is 0 Å². The highest BCUT2D eigenvalue weighted by molar-refractivity contribution is 7.99. The van der Waals surface area contributed by atoms with Crippen molar-refractivity contribution in [3.05, 3.63) is 6.20 Å². The lowest BCUT2D eigenvalue weighted by molar-refractivity contribution is 0.122. The third kappa shape index (κ3) is 3.05. The van der Waals surface area contributed by atoms with Gasteiger partial charge in [0, 0.05) is 18.3 Å². The van der Waals surface area contributed by atoms with Gasteiger partial charge in [0.1, 0.15) is 0 Å². The highest BCUT2D eigenvalue weighted by Gasteiger charge is 2.14. The van der Waals surface area contributed by atoms with Gasteiger partial charge in [-0.1, -0.05) is 25.6 Å². The number of hydrogen-bond acceptors (Lipinski definition) is 6. The SMILES string of the molecule is CC(C)Sc1nncc(N2CCOCC2)n1. The minimum atomic E-state index is 0.474. The van der Waals surface area contributed by atoms with Gasteiger partial charge in [0.2, 0.25) is 5.16 Å². The normalized spacial score (nSPS) is 16.8. The Hall–Kier alpha value is -0.880. The fraction of sp³-hybridized carbons (Fsp3) is 0.700. The second kappa shape index (κ2) is 5.45. The summed E-state index contributed by atoms with van der Waals surface area (Å²) in [6.45, 7) is 7.52. The van der Waals surface area contributed by atoms with Gasteiger partial charge < -0.3 is 9.64 Å². The van der Waals surface area contributed by atoms with E-state index in [2.05, 4.69) is 33.9 Å². The summed E-state index contributed by atoms with van der Waals surface area (Å²) in [6, 6.07) is 0. The van der Waals surface area contributed by atoms with Crippen molar-refractivity contribution < 1.29 is 4.74 Å². The molecule has 0 N–H and O–H groups in total. The number of anilines is 1. The molecule has 16 heavy (non-hydrogen) atoms. The fourth-order valence-electron chi connectivity index (χ4n) is 1.48. The standard InChI is InChI=1S/C10H16N4OS/c1-8(2)16-10-12-9(7-11-13-10)14-3-5-15-6-4-14/h7-8H,3-6H2,1-2H3. The highest BCUT2D eigenvalue weighted by atomic mass is 32.2. The van der Waals surface area contributed by atoms with Gasteiger partial charge in [-0.25, -0.2) is 4.98 Å². The number of aromatic nitrogens is 3. The van der Waals surface area contributed by atoms with Gasteiger partial charge in [0.25, 0.3) is 0 Å². The number of morpholine rings is 1. The smallest absolute Gasteiger partial charge is 0.211 e. The maximum absolute atomic E-state index is 5.31. The Kier molecular flexibility index (Phi) is 3.95. The molecule has 1 aromatic heterocycles. The number of rotatable bonds is 3. The van der Waals surface area contributed by atoms with Crippen LogP contribution >= 0.6 is 11.8 Å². The van der Waals surface area contributed by atoms with Gasteiger partial charge in [-0.15, -0.1) is 5.10 Å². The summed E-state index contributed by atoms with van der Waals surface area (Å²) in [5, 5.41) is 9.24. The average molecular weight is 240 g/mol. The van der Waals surface area contributed by atoms with E-state index in [4.69, 9.17) is 4.74 Å². The molecular weight excluding hydrogens is 224 g/mol. The van der Waals surface area contributed by atoms with Crippen LogP contribution < -0.4 is 4.90 Å². The maximum atomic E-state index is 5.31. The van der Waals surface area contributed by atoms with Crippen molar-refractivity contribution in [1.82, 2.24) is 15.2 Å². The molecule has 0 spiro atoms. The van der Waals surface area contributed by atoms with E-state index in [1.165, 1.54) is 0 Å². The molecule has 88 valence electrons. The molecule has 1 aliphatic heterocycles. The number of thioether (sulfide) groups is 1. The topological polar surface area (TPSA) is 51.1 Å². The van der Waals surface area contributed by atoms with Crippen LogP contribution in [0.5, 0.6) is 0 Å². The Morgan fingerprint density at radius 1 is 1.38 bits per heavy atom. The Bertz CT molecular complexity index is 341. The van der Waals surface area contributed by atoms with Gasteiger partial charge in [0.15, 0.2) is 5.82 Å². The lowest BCUT2D eigenvalue weighted by Crippen LogP contribution is -2.36. The molecule has 2 rings (SSSR count). The van der Waals surface area contributed by atoms with Crippen LogP contribution in [0.4, 0.5) is 5.82 Å². The van der Waals surface area contributed by atoms with Gasteiger partial charge >= 0.3 is 0 Å². The molecule has 1 aliphatic rings. The lowest BCUT2D eigenvalue weighted by Gasteiger charge is -2.27. The van der Waals surface area contributed by atoms with Crippen molar-refractivity contribution >= 4 is 17.6 Å². The van der Waals surface area contributed by atoms with Crippen molar-refractivity contribution in [1.29, 1.82) is 0 Å². The highest BCUT2D eigenvalue weighted by Crippen LogP contribution is 2.20. The molecule has 0 aromatic carbocycles. The first-order valence-electron chi connectivity index (χ1n) is 5.45. The van der Waals surface area contributed by atoms with Crippen LogP contribution in [0.3, 0.4) is 0 Å². The number of hydrogen-bond donors (Lipinski definition) is 0. The maximum Gasteiger partial charge on any atom is 0.211 e. The molecule has 1 aromatic rings. The van der Waals surface area contributed by atoms with E-state index in [-0.39, 0.29) is 0 Å². The molecule has 2 heterocycles. The van der Waals surface area contributed by atoms with Crippen molar-refractivity contribution in [2.24, 2.45) is 0 Å². The zero-order valence-electron chi connectivity index (χ0n) is 9.59. The van der Waals surface area contributed by atoms with E-state index in [9.17, 15) is 0 Å². The van der Waals surface area contributed by atoms with Crippen LogP contribution in [0.25, 0.3) is 0 Å². The molecule has 0 unspecified atom stereocenters. The molecular formula is C10H16N4OS. The molecule has 0 bridgehead atoms. The van der Waals surface area contributed by atoms with Crippen LogP contribution in [-0.2, 0) is 4.74 Å². The van der Waals surface area contributed by atoms with E-state index in [0.29, 0.717) is 5.25 Å². The predicted octanol–water partition coefficient (Wildman–Crippen LogP) is 1.21. The Labute approximate surface area is 99.6 Å². The summed E-state index contributed by atoms with van der Waals surface area (Å²) in [5.74, 6) is 0.904. The van der Waals surface area contributed by atoms with Gasteiger partial charge in [0.05, 0.1) is 19.4 Å². The van der Waals surface area contributed by atoms with E-state index < -0.39 is 0 Å². The third-order valence-corrected chi connectivity index (χ3v) is 3.06. The Balaban J connectivity index is 2.08. The Morgan fingerprint density at radius 2 is 2.12 bits per heavy atom. The number of nitrogens with zero attached hydrogens (tertiary/aromatic N) is 4. The van der Waals surface area contributed by atoms with Crippen LogP contribution in [-0.4, -0.2) is 46.7 Å². The van der Waals surface area contributed by atoms with Gasteiger partial charge in [-0.2, -0.15) is 5.10 Å². The van der Waals surface area contributed by atoms with Crippen LogP contribution in [0.1, 0.15) is 13.8 Å². The summed E-state index contributed by atoms with van der Waals surface area (Å²) in [7, 11) is 0. The number of ether oxygens (including phenoxy) is 1.